The van der Waals surface area contributed by atoms with Gasteiger partial charge in [-0.3, -0.25) is 9.78 Å². The van der Waals surface area contributed by atoms with E-state index in [1.165, 1.54) is 19.3 Å². The fourth-order valence-electron chi connectivity index (χ4n) is 2.46. The van der Waals surface area contributed by atoms with Crippen molar-refractivity contribution in [2.24, 2.45) is 5.73 Å². The molecule has 1 amide bonds. The molecule has 0 aromatic carbocycles. The number of rotatable bonds is 4. The van der Waals surface area contributed by atoms with Crippen LogP contribution in [-0.2, 0) is 11.2 Å². The molecule has 98 valence electrons. The third-order valence-corrected chi connectivity index (χ3v) is 3.57. The van der Waals surface area contributed by atoms with Crippen LogP contribution in [0.15, 0.2) is 24.5 Å². The highest BCUT2D eigenvalue weighted by atomic mass is 16.1. The zero-order chi connectivity index (χ0) is 12.8. The number of amides is 1. The first-order valence-corrected chi connectivity index (χ1v) is 6.62. The summed E-state index contributed by atoms with van der Waals surface area (Å²) in [6.45, 7) is 0.589. The fourth-order valence-corrected chi connectivity index (χ4v) is 2.46. The molecule has 0 bridgehead atoms. The first-order valence-electron chi connectivity index (χ1n) is 6.62. The topological polar surface area (TPSA) is 68.0 Å². The van der Waals surface area contributed by atoms with E-state index in [1.807, 2.05) is 12.1 Å². The highest BCUT2D eigenvalue weighted by Gasteiger charge is 2.27. The third-order valence-electron chi connectivity index (χ3n) is 3.57. The Bertz CT molecular complexity index is 385. The Morgan fingerprint density at radius 3 is 2.83 bits per heavy atom. The van der Waals surface area contributed by atoms with Gasteiger partial charge < -0.3 is 11.1 Å². The molecule has 1 aromatic heterocycles. The van der Waals surface area contributed by atoms with Gasteiger partial charge in [-0.15, -0.1) is 0 Å². The van der Waals surface area contributed by atoms with Gasteiger partial charge in [-0.2, -0.15) is 0 Å². The van der Waals surface area contributed by atoms with Gasteiger partial charge in [0.1, 0.15) is 0 Å². The van der Waals surface area contributed by atoms with Crippen molar-refractivity contribution in [3.05, 3.63) is 30.1 Å². The molecule has 0 atom stereocenters. The number of aromatic nitrogens is 1. The number of nitrogens with zero attached hydrogens (tertiary/aromatic N) is 1. The Hall–Kier alpha value is -1.42. The first-order chi connectivity index (χ1) is 8.68. The van der Waals surface area contributed by atoms with Crippen LogP contribution >= 0.6 is 0 Å². The molecule has 1 heterocycles. The second-order valence-corrected chi connectivity index (χ2v) is 5.24. The molecule has 0 spiro atoms. The van der Waals surface area contributed by atoms with E-state index in [-0.39, 0.29) is 11.4 Å². The molecule has 3 N–H and O–H groups in total. The molecule has 1 fully saturated rings. The van der Waals surface area contributed by atoms with Crippen LogP contribution < -0.4 is 11.1 Å². The zero-order valence-corrected chi connectivity index (χ0v) is 10.7. The molecular weight excluding hydrogens is 226 g/mol. The maximum absolute atomic E-state index is 11.8. The lowest BCUT2D eigenvalue weighted by atomic mass is 9.82. The third kappa shape index (κ3) is 3.81. The van der Waals surface area contributed by atoms with E-state index in [2.05, 4.69) is 10.3 Å². The van der Waals surface area contributed by atoms with Crippen LogP contribution in [0.25, 0.3) is 0 Å². The molecule has 18 heavy (non-hydrogen) atoms. The first kappa shape index (κ1) is 13.0. The highest BCUT2D eigenvalue weighted by molar-refractivity contribution is 5.78. The Morgan fingerprint density at radius 2 is 2.17 bits per heavy atom. The van der Waals surface area contributed by atoms with Crippen LogP contribution in [0.2, 0.25) is 0 Å². The number of carbonyl (C=O) groups is 1. The summed E-state index contributed by atoms with van der Waals surface area (Å²) < 4.78 is 0. The van der Waals surface area contributed by atoms with Crippen molar-refractivity contribution < 1.29 is 4.79 Å². The smallest absolute Gasteiger partial charge is 0.224 e. The molecule has 0 radical (unpaired) electrons. The minimum absolute atomic E-state index is 0.0263. The summed E-state index contributed by atoms with van der Waals surface area (Å²) in [5, 5.41) is 2.95. The largest absolute Gasteiger partial charge is 0.354 e. The Morgan fingerprint density at radius 1 is 1.39 bits per heavy atom. The van der Waals surface area contributed by atoms with Gasteiger partial charge in [0.25, 0.3) is 0 Å². The minimum atomic E-state index is -0.192. The van der Waals surface area contributed by atoms with Crippen molar-refractivity contribution >= 4 is 5.91 Å². The van der Waals surface area contributed by atoms with E-state index in [0.717, 1.165) is 18.4 Å². The van der Waals surface area contributed by atoms with Crippen LogP contribution in [0.5, 0.6) is 0 Å². The fraction of sp³-hybridized carbons (Fsp3) is 0.571. The standard InChI is InChI=1S/C14H21N3O/c15-14(6-2-1-3-7-14)11-17-13(18)9-12-5-4-8-16-10-12/h4-5,8,10H,1-3,6-7,9,11,15H2,(H,17,18). The average molecular weight is 247 g/mol. The minimum Gasteiger partial charge on any atom is -0.354 e. The maximum atomic E-state index is 11.8. The van der Waals surface area contributed by atoms with Gasteiger partial charge in [0.2, 0.25) is 5.91 Å². The lowest BCUT2D eigenvalue weighted by Gasteiger charge is -2.33. The van der Waals surface area contributed by atoms with E-state index in [9.17, 15) is 4.79 Å². The summed E-state index contributed by atoms with van der Waals surface area (Å²) in [5.41, 5.74) is 7.02. The summed E-state index contributed by atoms with van der Waals surface area (Å²) in [4.78, 5) is 15.8. The molecule has 0 unspecified atom stereocenters. The molecule has 1 aromatic rings. The van der Waals surface area contributed by atoms with Gasteiger partial charge >= 0.3 is 0 Å². The SMILES string of the molecule is NC1(CNC(=O)Cc2cccnc2)CCCCC1. The number of carbonyl (C=O) groups excluding carboxylic acids is 1. The Balaban J connectivity index is 1.78. The maximum Gasteiger partial charge on any atom is 0.224 e. The van der Waals surface area contributed by atoms with Gasteiger partial charge in [-0.1, -0.05) is 25.3 Å². The summed E-state index contributed by atoms with van der Waals surface area (Å²) >= 11 is 0. The monoisotopic (exact) mass is 247 g/mol. The lowest BCUT2D eigenvalue weighted by Crippen LogP contribution is -2.51. The summed E-state index contributed by atoms with van der Waals surface area (Å²) in [6.07, 6.45) is 9.45. The average Bonchev–Trinajstić information content (AvgIpc) is 2.39. The van der Waals surface area contributed by atoms with Crippen LogP contribution in [0.1, 0.15) is 37.7 Å². The second kappa shape index (κ2) is 5.96. The normalized spacial score (nSPS) is 18.3. The van der Waals surface area contributed by atoms with Crippen LogP contribution in [0.4, 0.5) is 0 Å². The van der Waals surface area contributed by atoms with E-state index in [1.54, 1.807) is 12.4 Å². The van der Waals surface area contributed by atoms with Crippen molar-refractivity contribution in [2.45, 2.75) is 44.1 Å². The van der Waals surface area contributed by atoms with Gasteiger partial charge in [0, 0.05) is 24.5 Å². The molecule has 0 aliphatic heterocycles. The van der Waals surface area contributed by atoms with E-state index in [0.29, 0.717) is 13.0 Å². The van der Waals surface area contributed by atoms with Crippen LogP contribution in [0, 0.1) is 0 Å². The summed E-state index contributed by atoms with van der Waals surface area (Å²) in [7, 11) is 0. The predicted molar refractivity (Wildman–Crippen MR) is 71.0 cm³/mol. The van der Waals surface area contributed by atoms with Crippen molar-refractivity contribution in [2.75, 3.05) is 6.54 Å². The quantitative estimate of drug-likeness (QED) is 0.845. The summed E-state index contributed by atoms with van der Waals surface area (Å²) in [5.74, 6) is 0.0263. The number of hydrogen-bond donors (Lipinski definition) is 2. The molecular formula is C14H21N3O. The second-order valence-electron chi connectivity index (χ2n) is 5.24. The van der Waals surface area contributed by atoms with E-state index < -0.39 is 0 Å². The van der Waals surface area contributed by atoms with E-state index in [4.69, 9.17) is 5.73 Å². The molecule has 0 saturated heterocycles. The molecule has 2 rings (SSSR count). The molecule has 1 saturated carbocycles. The van der Waals surface area contributed by atoms with Crippen molar-refractivity contribution in [3.63, 3.8) is 0 Å². The van der Waals surface area contributed by atoms with Crippen molar-refractivity contribution in [1.82, 2.24) is 10.3 Å². The van der Waals surface area contributed by atoms with Crippen molar-refractivity contribution in [3.8, 4) is 0 Å². The number of nitrogens with one attached hydrogen (secondary N) is 1. The lowest BCUT2D eigenvalue weighted by molar-refractivity contribution is -0.120. The van der Waals surface area contributed by atoms with Crippen LogP contribution in [-0.4, -0.2) is 23.0 Å². The van der Waals surface area contributed by atoms with Gasteiger partial charge in [-0.05, 0) is 24.5 Å². The predicted octanol–water partition coefficient (Wildman–Crippen LogP) is 1.40. The molecule has 1 aliphatic carbocycles. The summed E-state index contributed by atoms with van der Waals surface area (Å²) in [6, 6.07) is 3.75. The van der Waals surface area contributed by atoms with Gasteiger partial charge in [-0.25, -0.2) is 0 Å². The Labute approximate surface area is 108 Å². The van der Waals surface area contributed by atoms with Gasteiger partial charge in [0.05, 0.1) is 6.42 Å². The van der Waals surface area contributed by atoms with Crippen molar-refractivity contribution in [1.29, 1.82) is 0 Å². The number of pyridine rings is 1. The molecule has 4 heteroatoms. The number of hydrogen-bond acceptors (Lipinski definition) is 3. The number of nitrogens with two attached hydrogens (primary N) is 1. The Kier molecular flexibility index (Phi) is 4.31. The highest BCUT2D eigenvalue weighted by Crippen LogP contribution is 2.25. The van der Waals surface area contributed by atoms with Gasteiger partial charge in [0.15, 0.2) is 0 Å². The van der Waals surface area contributed by atoms with E-state index >= 15 is 0 Å². The molecule has 1 aliphatic rings. The van der Waals surface area contributed by atoms with Crippen LogP contribution in [0.3, 0.4) is 0 Å². The zero-order valence-electron chi connectivity index (χ0n) is 10.7. The molecule has 4 nitrogen and oxygen atoms in total.